The van der Waals surface area contributed by atoms with Gasteiger partial charge < -0.3 is 9.80 Å². The molecule has 2 rings (SSSR count). The number of piperazine rings is 1. The first-order chi connectivity index (χ1) is 9.13. The number of hydrogen-bond acceptors (Lipinski definition) is 2. The fraction of sp³-hybridized carbons (Fsp3) is 0.333. The summed E-state index contributed by atoms with van der Waals surface area (Å²) in [7, 11) is 0. The van der Waals surface area contributed by atoms with Crippen LogP contribution in [0.15, 0.2) is 24.3 Å². The maximum absolute atomic E-state index is 12.1. The van der Waals surface area contributed by atoms with Gasteiger partial charge >= 0.3 is 11.8 Å². The largest absolute Gasteiger partial charge is 0.321 e. The smallest absolute Gasteiger partial charge is 0.316 e. The zero-order chi connectivity index (χ0) is 13.8. The Morgan fingerprint density at radius 1 is 1.21 bits per heavy atom. The third-order valence-corrected chi connectivity index (χ3v) is 3.07. The zero-order valence-corrected chi connectivity index (χ0v) is 11.1. The van der Waals surface area contributed by atoms with Crippen LogP contribution in [0.4, 0.5) is 5.69 Å². The Bertz CT molecular complexity index is 569. The molecule has 1 aliphatic heterocycles. The molecule has 2 amide bonds. The molecule has 0 aliphatic carbocycles. The first kappa shape index (κ1) is 13.2. The highest BCUT2D eigenvalue weighted by molar-refractivity contribution is 6.41. The van der Waals surface area contributed by atoms with E-state index in [9.17, 15) is 9.59 Å². The number of rotatable bonds is 2. The van der Waals surface area contributed by atoms with E-state index in [4.69, 9.17) is 0 Å². The van der Waals surface area contributed by atoms with Crippen LogP contribution in [0.5, 0.6) is 0 Å². The van der Waals surface area contributed by atoms with Crippen LogP contribution in [-0.4, -0.2) is 36.3 Å². The van der Waals surface area contributed by atoms with Crippen molar-refractivity contribution in [1.29, 1.82) is 0 Å². The summed E-state index contributed by atoms with van der Waals surface area (Å²) in [6, 6.07) is 7.60. The summed E-state index contributed by atoms with van der Waals surface area (Å²) in [5.74, 6) is 4.60. The van der Waals surface area contributed by atoms with Crippen molar-refractivity contribution in [3.8, 4) is 11.8 Å². The molecule has 19 heavy (non-hydrogen) atoms. The topological polar surface area (TPSA) is 40.6 Å². The Hall–Kier alpha value is -2.28. The zero-order valence-electron chi connectivity index (χ0n) is 11.1. The monoisotopic (exact) mass is 256 g/mol. The number of carbonyl (C=O) groups excluding carboxylic acids is 2. The molecule has 0 atom stereocenters. The van der Waals surface area contributed by atoms with Gasteiger partial charge in [0.15, 0.2) is 0 Å². The van der Waals surface area contributed by atoms with Crippen LogP contribution < -0.4 is 4.90 Å². The Morgan fingerprint density at radius 2 is 2.00 bits per heavy atom. The number of amides is 2. The van der Waals surface area contributed by atoms with Crippen molar-refractivity contribution in [3.63, 3.8) is 0 Å². The van der Waals surface area contributed by atoms with Gasteiger partial charge in [0.2, 0.25) is 0 Å². The van der Waals surface area contributed by atoms with E-state index >= 15 is 0 Å². The van der Waals surface area contributed by atoms with Crippen LogP contribution in [0.1, 0.15) is 12.5 Å². The summed E-state index contributed by atoms with van der Waals surface area (Å²) in [5.41, 5.74) is 1.84. The minimum Gasteiger partial charge on any atom is -0.321 e. The Labute approximate surface area is 113 Å². The SMILES string of the molecule is CC#CCN1CCN(c2cccc(C)c2)C(=O)C1=O. The normalized spacial score (nSPS) is 15.3. The molecule has 98 valence electrons. The molecule has 1 aliphatic rings. The summed E-state index contributed by atoms with van der Waals surface area (Å²) < 4.78 is 0. The lowest BCUT2D eigenvalue weighted by Gasteiger charge is -2.32. The Balaban J connectivity index is 2.17. The van der Waals surface area contributed by atoms with Crippen molar-refractivity contribution in [2.45, 2.75) is 13.8 Å². The van der Waals surface area contributed by atoms with E-state index in [-0.39, 0.29) is 0 Å². The van der Waals surface area contributed by atoms with Gasteiger partial charge in [-0.3, -0.25) is 9.59 Å². The van der Waals surface area contributed by atoms with Crippen LogP contribution in [0.3, 0.4) is 0 Å². The predicted molar refractivity (Wildman–Crippen MR) is 73.6 cm³/mol. The summed E-state index contributed by atoms with van der Waals surface area (Å²) >= 11 is 0. The van der Waals surface area contributed by atoms with Gasteiger partial charge in [0.05, 0.1) is 6.54 Å². The fourth-order valence-electron chi connectivity index (χ4n) is 2.04. The highest BCUT2D eigenvalue weighted by Gasteiger charge is 2.32. The number of aryl methyl sites for hydroxylation is 1. The third-order valence-electron chi connectivity index (χ3n) is 3.07. The van der Waals surface area contributed by atoms with Crippen LogP contribution in [0, 0.1) is 18.8 Å². The molecule has 1 aromatic carbocycles. The van der Waals surface area contributed by atoms with Crippen molar-refractivity contribution >= 4 is 17.5 Å². The lowest BCUT2D eigenvalue weighted by molar-refractivity contribution is -0.145. The van der Waals surface area contributed by atoms with Gasteiger partial charge in [0.1, 0.15) is 0 Å². The molecule has 4 nitrogen and oxygen atoms in total. The highest BCUT2D eigenvalue weighted by Crippen LogP contribution is 2.18. The van der Waals surface area contributed by atoms with E-state index in [2.05, 4.69) is 11.8 Å². The number of hydrogen-bond donors (Lipinski definition) is 0. The molecule has 0 saturated carbocycles. The van der Waals surface area contributed by atoms with Crippen molar-refractivity contribution in [2.24, 2.45) is 0 Å². The lowest BCUT2D eigenvalue weighted by Crippen LogP contribution is -2.54. The number of anilines is 1. The van der Waals surface area contributed by atoms with E-state index in [1.165, 1.54) is 9.80 Å². The van der Waals surface area contributed by atoms with Crippen molar-refractivity contribution in [2.75, 3.05) is 24.5 Å². The second kappa shape index (κ2) is 5.57. The quantitative estimate of drug-likeness (QED) is 0.589. The second-order valence-corrected chi connectivity index (χ2v) is 4.45. The number of carbonyl (C=O) groups is 2. The average molecular weight is 256 g/mol. The maximum Gasteiger partial charge on any atom is 0.316 e. The standard InChI is InChI=1S/C15H16N2O2/c1-3-4-8-16-9-10-17(15(19)14(16)18)13-7-5-6-12(2)11-13/h5-7,11H,8-10H2,1-2H3. The van der Waals surface area contributed by atoms with Gasteiger partial charge in [-0.1, -0.05) is 18.1 Å². The first-order valence-electron chi connectivity index (χ1n) is 6.20. The molecule has 0 radical (unpaired) electrons. The lowest BCUT2D eigenvalue weighted by atomic mass is 10.2. The predicted octanol–water partition coefficient (Wildman–Crippen LogP) is 1.19. The van der Waals surface area contributed by atoms with Crippen molar-refractivity contribution < 1.29 is 9.59 Å². The fourth-order valence-corrected chi connectivity index (χ4v) is 2.04. The minimum absolute atomic E-state index is 0.322. The summed E-state index contributed by atoms with van der Waals surface area (Å²) in [6.07, 6.45) is 0. The van der Waals surface area contributed by atoms with Crippen molar-refractivity contribution in [3.05, 3.63) is 29.8 Å². The van der Waals surface area contributed by atoms with Gasteiger partial charge in [-0.15, -0.1) is 5.92 Å². The number of nitrogens with zero attached hydrogens (tertiary/aromatic N) is 2. The third kappa shape index (κ3) is 2.76. The average Bonchev–Trinajstić information content (AvgIpc) is 2.40. The van der Waals surface area contributed by atoms with Crippen LogP contribution in [-0.2, 0) is 9.59 Å². The molecular weight excluding hydrogens is 240 g/mol. The van der Waals surface area contributed by atoms with E-state index in [1.54, 1.807) is 6.92 Å². The van der Waals surface area contributed by atoms with Crippen LogP contribution in [0.25, 0.3) is 0 Å². The van der Waals surface area contributed by atoms with Crippen LogP contribution >= 0.6 is 0 Å². The molecule has 1 heterocycles. The second-order valence-electron chi connectivity index (χ2n) is 4.45. The van der Waals surface area contributed by atoms with Crippen LogP contribution in [0.2, 0.25) is 0 Å². The molecule has 0 aromatic heterocycles. The van der Waals surface area contributed by atoms with Gasteiger partial charge in [-0.25, -0.2) is 0 Å². The van der Waals surface area contributed by atoms with E-state index in [0.717, 1.165) is 11.3 Å². The van der Waals surface area contributed by atoms with E-state index in [1.807, 2.05) is 31.2 Å². The molecule has 0 spiro atoms. The minimum atomic E-state index is -0.477. The van der Waals surface area contributed by atoms with E-state index in [0.29, 0.717) is 19.6 Å². The summed E-state index contributed by atoms with van der Waals surface area (Å²) in [4.78, 5) is 27.1. The summed E-state index contributed by atoms with van der Waals surface area (Å²) in [5, 5.41) is 0. The van der Waals surface area contributed by atoms with Gasteiger partial charge in [0, 0.05) is 18.8 Å². The molecule has 0 N–H and O–H groups in total. The molecule has 1 saturated heterocycles. The van der Waals surface area contributed by atoms with E-state index < -0.39 is 11.8 Å². The molecule has 1 aromatic rings. The molecule has 1 fully saturated rings. The van der Waals surface area contributed by atoms with Crippen molar-refractivity contribution in [1.82, 2.24) is 4.90 Å². The van der Waals surface area contributed by atoms with Gasteiger partial charge in [-0.05, 0) is 31.5 Å². The Morgan fingerprint density at radius 3 is 2.68 bits per heavy atom. The molecule has 4 heteroatoms. The maximum atomic E-state index is 12.1. The number of benzene rings is 1. The first-order valence-corrected chi connectivity index (χ1v) is 6.20. The molecule has 0 bridgehead atoms. The molecule has 0 unspecified atom stereocenters. The highest BCUT2D eigenvalue weighted by atomic mass is 16.2. The summed E-state index contributed by atoms with van der Waals surface area (Å²) in [6.45, 7) is 5.04. The Kier molecular flexibility index (Phi) is 3.86. The molecular formula is C15H16N2O2. The van der Waals surface area contributed by atoms with Gasteiger partial charge in [-0.2, -0.15) is 0 Å². The van der Waals surface area contributed by atoms with Gasteiger partial charge in [0.25, 0.3) is 0 Å².